The molecule has 3 aliphatic rings. The lowest BCUT2D eigenvalue weighted by atomic mass is 9.71. The molecule has 3 aliphatic heterocycles. The predicted octanol–water partition coefficient (Wildman–Crippen LogP) is 2.35. The molecule has 1 aromatic carbocycles. The molecule has 5 nitrogen and oxygen atoms in total. The molecular weight excluding hydrogens is 326 g/mol. The third-order valence-corrected chi connectivity index (χ3v) is 6.21. The number of ether oxygens (including phenoxy) is 1. The Morgan fingerprint density at radius 1 is 1.27 bits per heavy atom. The number of hydrogen-bond donors (Lipinski definition) is 1. The standard InChI is InChI=1S/C21H29N3O2/c1-3-26-19(25)21-11-10-20(2)22-12-14-24(20)18(21)9-13-23(16-21)15-17-7-5-4-6-8-17/h4-9,22H,3,10-16H2,1-2H3. The maximum Gasteiger partial charge on any atom is 0.319 e. The molecule has 0 spiro atoms. The van der Waals surface area contributed by atoms with Crippen LogP contribution >= 0.6 is 0 Å². The number of fused-ring (bicyclic) bond motifs is 3. The van der Waals surface area contributed by atoms with Crippen molar-refractivity contribution in [1.82, 2.24) is 15.1 Å². The molecule has 140 valence electrons. The van der Waals surface area contributed by atoms with Gasteiger partial charge in [0, 0.05) is 38.4 Å². The number of benzene rings is 1. The largest absolute Gasteiger partial charge is 0.465 e. The fourth-order valence-electron chi connectivity index (χ4n) is 4.86. The van der Waals surface area contributed by atoms with Crippen LogP contribution in [-0.4, -0.2) is 54.2 Å². The number of nitrogens with zero attached hydrogens (tertiary/aromatic N) is 2. The van der Waals surface area contributed by atoms with Gasteiger partial charge in [0.05, 0.1) is 12.3 Å². The van der Waals surface area contributed by atoms with Crippen LogP contribution in [0.3, 0.4) is 0 Å². The summed E-state index contributed by atoms with van der Waals surface area (Å²) in [5, 5.41) is 3.63. The molecule has 3 heterocycles. The third kappa shape index (κ3) is 2.83. The quantitative estimate of drug-likeness (QED) is 0.840. The zero-order valence-electron chi connectivity index (χ0n) is 15.8. The molecule has 0 aromatic heterocycles. The van der Waals surface area contributed by atoms with Gasteiger partial charge in [-0.3, -0.25) is 15.0 Å². The van der Waals surface area contributed by atoms with Crippen molar-refractivity contribution in [2.24, 2.45) is 5.41 Å². The van der Waals surface area contributed by atoms with E-state index in [1.165, 1.54) is 11.3 Å². The molecule has 2 fully saturated rings. The molecule has 4 rings (SSSR count). The summed E-state index contributed by atoms with van der Waals surface area (Å²) in [6.45, 7) is 8.99. The summed E-state index contributed by atoms with van der Waals surface area (Å²) in [5.41, 5.74) is 1.91. The van der Waals surface area contributed by atoms with Crippen molar-refractivity contribution in [3.8, 4) is 0 Å². The van der Waals surface area contributed by atoms with Gasteiger partial charge < -0.3 is 9.64 Å². The minimum Gasteiger partial charge on any atom is -0.465 e. The van der Waals surface area contributed by atoms with Crippen molar-refractivity contribution in [2.45, 2.75) is 38.9 Å². The summed E-state index contributed by atoms with van der Waals surface area (Å²) in [5.74, 6) is -0.0574. The lowest BCUT2D eigenvalue weighted by molar-refractivity contribution is -0.159. The molecule has 26 heavy (non-hydrogen) atoms. The highest BCUT2D eigenvalue weighted by atomic mass is 16.5. The van der Waals surface area contributed by atoms with E-state index in [1.807, 2.05) is 13.0 Å². The second-order valence-corrected chi connectivity index (χ2v) is 7.90. The zero-order valence-corrected chi connectivity index (χ0v) is 15.8. The number of piperidine rings is 1. The summed E-state index contributed by atoms with van der Waals surface area (Å²) in [7, 11) is 0. The average Bonchev–Trinajstić information content (AvgIpc) is 3.04. The Bertz CT molecular complexity index is 704. The first-order chi connectivity index (χ1) is 12.6. The highest BCUT2D eigenvalue weighted by Crippen LogP contribution is 2.49. The summed E-state index contributed by atoms with van der Waals surface area (Å²) in [6, 6.07) is 10.5. The number of esters is 1. The second kappa shape index (κ2) is 6.71. The van der Waals surface area contributed by atoms with Crippen LogP contribution in [0.15, 0.2) is 42.1 Å². The minimum atomic E-state index is -0.533. The monoisotopic (exact) mass is 355 g/mol. The molecule has 5 heteroatoms. The van der Waals surface area contributed by atoms with Gasteiger partial charge in [-0.25, -0.2) is 0 Å². The van der Waals surface area contributed by atoms with Crippen molar-refractivity contribution in [2.75, 3.05) is 32.8 Å². The molecule has 2 saturated heterocycles. The van der Waals surface area contributed by atoms with Crippen LogP contribution in [0.4, 0.5) is 0 Å². The SMILES string of the molecule is CCOC(=O)C12CCC3(C)NCCN3C1=CCN(Cc1ccccc1)C2. The van der Waals surface area contributed by atoms with Gasteiger partial charge in [0.1, 0.15) is 5.41 Å². The van der Waals surface area contributed by atoms with Crippen molar-refractivity contribution in [3.05, 3.63) is 47.7 Å². The topological polar surface area (TPSA) is 44.8 Å². The second-order valence-electron chi connectivity index (χ2n) is 7.90. The molecular formula is C21H29N3O2. The molecule has 2 atom stereocenters. The van der Waals surface area contributed by atoms with E-state index in [0.29, 0.717) is 6.61 Å². The Balaban J connectivity index is 1.65. The first kappa shape index (κ1) is 17.6. The lowest BCUT2D eigenvalue weighted by Gasteiger charge is -2.53. The molecule has 0 bridgehead atoms. The number of rotatable bonds is 4. The van der Waals surface area contributed by atoms with E-state index < -0.39 is 5.41 Å². The maximum atomic E-state index is 13.1. The van der Waals surface area contributed by atoms with Crippen LogP contribution in [0.1, 0.15) is 32.3 Å². The summed E-state index contributed by atoms with van der Waals surface area (Å²) in [6.07, 6.45) is 4.07. The molecule has 0 radical (unpaired) electrons. The Morgan fingerprint density at radius 2 is 2.08 bits per heavy atom. The normalized spacial score (nSPS) is 31.2. The number of carbonyl (C=O) groups is 1. The highest BCUT2D eigenvalue weighted by molar-refractivity contribution is 5.81. The zero-order chi connectivity index (χ0) is 18.2. The molecule has 2 unspecified atom stereocenters. The van der Waals surface area contributed by atoms with Gasteiger partial charge in [0.2, 0.25) is 0 Å². The predicted molar refractivity (Wildman–Crippen MR) is 101 cm³/mol. The molecule has 1 aromatic rings. The fraction of sp³-hybridized carbons (Fsp3) is 0.571. The van der Waals surface area contributed by atoms with Crippen LogP contribution in [-0.2, 0) is 16.1 Å². The average molecular weight is 355 g/mol. The van der Waals surface area contributed by atoms with E-state index in [2.05, 4.69) is 52.4 Å². The molecule has 0 aliphatic carbocycles. The van der Waals surface area contributed by atoms with Crippen LogP contribution < -0.4 is 5.32 Å². The van der Waals surface area contributed by atoms with E-state index in [9.17, 15) is 4.79 Å². The summed E-state index contributed by atoms with van der Waals surface area (Å²) >= 11 is 0. The number of carbonyl (C=O) groups excluding carboxylic acids is 1. The van der Waals surface area contributed by atoms with Crippen LogP contribution in [0.25, 0.3) is 0 Å². The summed E-state index contributed by atoms with van der Waals surface area (Å²) in [4.78, 5) is 17.9. The molecule has 0 saturated carbocycles. The van der Waals surface area contributed by atoms with Crippen LogP contribution in [0.5, 0.6) is 0 Å². The van der Waals surface area contributed by atoms with Gasteiger partial charge in [-0.15, -0.1) is 0 Å². The van der Waals surface area contributed by atoms with Gasteiger partial charge in [-0.2, -0.15) is 0 Å². The van der Waals surface area contributed by atoms with Crippen molar-refractivity contribution >= 4 is 5.97 Å². The van der Waals surface area contributed by atoms with Gasteiger partial charge in [0.25, 0.3) is 0 Å². The third-order valence-electron chi connectivity index (χ3n) is 6.21. The molecule has 1 N–H and O–H groups in total. The van der Waals surface area contributed by atoms with E-state index in [1.54, 1.807) is 0 Å². The first-order valence-electron chi connectivity index (χ1n) is 9.74. The van der Waals surface area contributed by atoms with E-state index in [4.69, 9.17) is 4.74 Å². The Morgan fingerprint density at radius 3 is 2.85 bits per heavy atom. The van der Waals surface area contributed by atoms with Crippen molar-refractivity contribution in [3.63, 3.8) is 0 Å². The Labute approximate surface area is 156 Å². The highest BCUT2D eigenvalue weighted by Gasteiger charge is 2.56. The maximum absolute atomic E-state index is 13.1. The van der Waals surface area contributed by atoms with Crippen LogP contribution in [0, 0.1) is 5.41 Å². The minimum absolute atomic E-state index is 0.0244. The van der Waals surface area contributed by atoms with Crippen molar-refractivity contribution in [1.29, 1.82) is 0 Å². The van der Waals surface area contributed by atoms with Crippen LogP contribution in [0.2, 0.25) is 0 Å². The lowest BCUT2D eigenvalue weighted by Crippen LogP contribution is -2.61. The Kier molecular flexibility index (Phi) is 4.53. The van der Waals surface area contributed by atoms with Gasteiger partial charge in [-0.1, -0.05) is 30.3 Å². The molecule has 0 amide bonds. The van der Waals surface area contributed by atoms with E-state index in [-0.39, 0.29) is 11.6 Å². The van der Waals surface area contributed by atoms with Gasteiger partial charge in [-0.05, 0) is 38.3 Å². The van der Waals surface area contributed by atoms with Gasteiger partial charge in [0.15, 0.2) is 0 Å². The smallest absolute Gasteiger partial charge is 0.319 e. The first-order valence-corrected chi connectivity index (χ1v) is 9.74. The van der Waals surface area contributed by atoms with Gasteiger partial charge >= 0.3 is 5.97 Å². The van der Waals surface area contributed by atoms with Crippen molar-refractivity contribution < 1.29 is 9.53 Å². The number of hydrogen-bond acceptors (Lipinski definition) is 5. The van der Waals surface area contributed by atoms with E-state index >= 15 is 0 Å². The fourth-order valence-corrected chi connectivity index (χ4v) is 4.86. The van der Waals surface area contributed by atoms with E-state index in [0.717, 1.165) is 45.6 Å². The Hall–Kier alpha value is -1.85. The number of nitrogens with one attached hydrogen (secondary N) is 1. The summed E-state index contributed by atoms with van der Waals surface area (Å²) < 4.78 is 5.57.